The summed E-state index contributed by atoms with van der Waals surface area (Å²) in [6.45, 7) is 8.55. The molecule has 0 aromatic heterocycles. The van der Waals surface area contributed by atoms with Crippen LogP contribution in [0.2, 0.25) is 0 Å². The number of carbonyl (C=O) groups excluding carboxylic acids is 1. The first-order valence-corrected chi connectivity index (χ1v) is 5.60. The van der Waals surface area contributed by atoms with E-state index in [1.165, 1.54) is 0 Å². The average Bonchev–Trinajstić information content (AvgIpc) is 2.24. The number of likely N-dealkylation sites (N-methyl/N-ethyl adjacent to an activating group) is 1. The Bertz CT molecular complexity index is 173. The van der Waals surface area contributed by atoms with E-state index >= 15 is 0 Å². The highest BCUT2D eigenvalue weighted by Gasteiger charge is 2.23. The van der Waals surface area contributed by atoms with E-state index < -0.39 is 0 Å². The topological polar surface area (TPSA) is 38.8 Å². The minimum atomic E-state index is -0.134. The highest BCUT2D eigenvalue weighted by molar-refractivity contribution is 5.75. The van der Waals surface area contributed by atoms with Crippen molar-refractivity contribution in [2.75, 3.05) is 33.4 Å². The van der Waals surface area contributed by atoms with Crippen LogP contribution in [0.3, 0.4) is 0 Å². The molecule has 0 fully saturated rings. The first-order chi connectivity index (χ1) is 7.21. The second kappa shape index (κ2) is 8.68. The van der Waals surface area contributed by atoms with Gasteiger partial charge in [0.15, 0.2) is 0 Å². The van der Waals surface area contributed by atoms with Crippen molar-refractivity contribution in [3.63, 3.8) is 0 Å². The van der Waals surface area contributed by atoms with Crippen LogP contribution in [0.5, 0.6) is 0 Å². The molecule has 4 heteroatoms. The summed E-state index contributed by atoms with van der Waals surface area (Å²) in [5.74, 6) is -0.127. The Balaban J connectivity index is 4.25. The van der Waals surface area contributed by atoms with E-state index in [2.05, 4.69) is 4.90 Å². The second-order valence-corrected chi connectivity index (χ2v) is 3.30. The van der Waals surface area contributed by atoms with Crippen molar-refractivity contribution in [3.05, 3.63) is 0 Å². The molecule has 90 valence electrons. The maximum atomic E-state index is 11.6. The van der Waals surface area contributed by atoms with Crippen molar-refractivity contribution in [3.8, 4) is 0 Å². The Labute approximate surface area is 92.5 Å². The first kappa shape index (κ1) is 14.4. The zero-order valence-corrected chi connectivity index (χ0v) is 10.3. The molecule has 1 atom stereocenters. The maximum absolute atomic E-state index is 11.6. The molecule has 0 aromatic rings. The highest BCUT2D eigenvalue weighted by atomic mass is 16.5. The number of hydrogen-bond donors (Lipinski definition) is 0. The van der Waals surface area contributed by atoms with Crippen molar-refractivity contribution in [2.24, 2.45) is 0 Å². The van der Waals surface area contributed by atoms with Gasteiger partial charge in [0.2, 0.25) is 0 Å². The van der Waals surface area contributed by atoms with Crippen molar-refractivity contribution >= 4 is 5.97 Å². The van der Waals surface area contributed by atoms with Crippen LogP contribution in [0.15, 0.2) is 0 Å². The summed E-state index contributed by atoms with van der Waals surface area (Å²) in [7, 11) is 1.67. The first-order valence-electron chi connectivity index (χ1n) is 5.60. The van der Waals surface area contributed by atoms with Crippen molar-refractivity contribution < 1.29 is 14.3 Å². The minimum Gasteiger partial charge on any atom is -0.465 e. The zero-order chi connectivity index (χ0) is 11.7. The fraction of sp³-hybridized carbons (Fsp3) is 0.909. The molecule has 15 heavy (non-hydrogen) atoms. The maximum Gasteiger partial charge on any atom is 0.323 e. The van der Waals surface area contributed by atoms with Gasteiger partial charge in [-0.05, 0) is 19.9 Å². The normalized spacial score (nSPS) is 12.9. The molecule has 0 aliphatic heterocycles. The third-order valence-electron chi connectivity index (χ3n) is 2.37. The van der Waals surface area contributed by atoms with Crippen LogP contribution in [0.25, 0.3) is 0 Å². The van der Waals surface area contributed by atoms with Crippen LogP contribution >= 0.6 is 0 Å². The number of ether oxygens (including phenoxy) is 2. The molecule has 0 aliphatic carbocycles. The van der Waals surface area contributed by atoms with Gasteiger partial charge in [-0.2, -0.15) is 0 Å². The molecule has 0 N–H and O–H groups in total. The van der Waals surface area contributed by atoms with E-state index in [1.54, 1.807) is 7.11 Å². The van der Waals surface area contributed by atoms with E-state index in [0.29, 0.717) is 13.2 Å². The number of carbonyl (C=O) groups is 1. The van der Waals surface area contributed by atoms with Crippen LogP contribution in [-0.4, -0.2) is 50.3 Å². The Hall–Kier alpha value is -0.610. The molecule has 0 rings (SSSR count). The molecular formula is C11H23NO3. The fourth-order valence-corrected chi connectivity index (χ4v) is 1.56. The number of rotatable bonds is 8. The second-order valence-electron chi connectivity index (χ2n) is 3.30. The van der Waals surface area contributed by atoms with E-state index in [4.69, 9.17) is 9.47 Å². The lowest BCUT2D eigenvalue weighted by Gasteiger charge is -2.27. The summed E-state index contributed by atoms with van der Waals surface area (Å²) >= 11 is 0. The molecule has 0 aromatic carbocycles. The Morgan fingerprint density at radius 3 is 2.40 bits per heavy atom. The van der Waals surface area contributed by atoms with Crippen LogP contribution in [0, 0.1) is 0 Å². The lowest BCUT2D eigenvalue weighted by molar-refractivity contribution is -0.149. The minimum absolute atomic E-state index is 0.127. The lowest BCUT2D eigenvalue weighted by atomic mass is 10.2. The van der Waals surface area contributed by atoms with Gasteiger partial charge >= 0.3 is 5.97 Å². The standard InChI is InChI=1S/C11H23NO3/c1-5-10(11(13)15-7-3)12(6-2)8-9-14-4/h10H,5-9H2,1-4H3. The monoisotopic (exact) mass is 217 g/mol. The molecule has 0 amide bonds. The van der Waals surface area contributed by atoms with Gasteiger partial charge in [0, 0.05) is 13.7 Å². The molecule has 0 radical (unpaired) electrons. The predicted molar refractivity (Wildman–Crippen MR) is 59.8 cm³/mol. The van der Waals surface area contributed by atoms with Crippen LogP contribution in [-0.2, 0) is 14.3 Å². The Morgan fingerprint density at radius 2 is 2.00 bits per heavy atom. The van der Waals surface area contributed by atoms with Gasteiger partial charge in [-0.1, -0.05) is 13.8 Å². The van der Waals surface area contributed by atoms with E-state index in [-0.39, 0.29) is 12.0 Å². The third kappa shape index (κ3) is 5.14. The van der Waals surface area contributed by atoms with E-state index in [0.717, 1.165) is 19.5 Å². The van der Waals surface area contributed by atoms with Crippen molar-refractivity contribution in [1.29, 1.82) is 0 Å². The van der Waals surface area contributed by atoms with Gasteiger partial charge in [-0.3, -0.25) is 9.69 Å². The lowest BCUT2D eigenvalue weighted by Crippen LogP contribution is -2.43. The summed E-state index contributed by atoms with van der Waals surface area (Å²) < 4.78 is 10.1. The third-order valence-corrected chi connectivity index (χ3v) is 2.37. The number of nitrogens with zero attached hydrogens (tertiary/aromatic N) is 1. The molecule has 0 heterocycles. The molecule has 0 bridgehead atoms. The Morgan fingerprint density at radius 1 is 1.33 bits per heavy atom. The largest absolute Gasteiger partial charge is 0.465 e. The molecule has 4 nitrogen and oxygen atoms in total. The Kier molecular flexibility index (Phi) is 8.33. The smallest absolute Gasteiger partial charge is 0.323 e. The summed E-state index contributed by atoms with van der Waals surface area (Å²) in [5, 5.41) is 0. The summed E-state index contributed by atoms with van der Waals surface area (Å²) in [6, 6.07) is -0.134. The van der Waals surface area contributed by atoms with Crippen molar-refractivity contribution in [1.82, 2.24) is 4.90 Å². The molecule has 0 saturated carbocycles. The van der Waals surface area contributed by atoms with Crippen LogP contribution in [0.1, 0.15) is 27.2 Å². The van der Waals surface area contributed by atoms with Gasteiger partial charge in [0.05, 0.1) is 13.2 Å². The fourth-order valence-electron chi connectivity index (χ4n) is 1.56. The molecule has 0 saturated heterocycles. The van der Waals surface area contributed by atoms with Crippen LogP contribution in [0.4, 0.5) is 0 Å². The van der Waals surface area contributed by atoms with Gasteiger partial charge in [0.25, 0.3) is 0 Å². The van der Waals surface area contributed by atoms with Gasteiger partial charge in [0.1, 0.15) is 6.04 Å². The number of methoxy groups -OCH3 is 1. The number of esters is 1. The van der Waals surface area contributed by atoms with E-state index in [1.807, 2.05) is 20.8 Å². The summed E-state index contributed by atoms with van der Waals surface area (Å²) in [6.07, 6.45) is 0.774. The molecule has 0 spiro atoms. The predicted octanol–water partition coefficient (Wildman–Crippen LogP) is 1.30. The van der Waals surface area contributed by atoms with Gasteiger partial charge in [-0.15, -0.1) is 0 Å². The van der Waals surface area contributed by atoms with Crippen molar-refractivity contribution in [2.45, 2.75) is 33.2 Å². The van der Waals surface area contributed by atoms with Crippen LogP contribution < -0.4 is 0 Å². The molecular weight excluding hydrogens is 194 g/mol. The van der Waals surface area contributed by atoms with Gasteiger partial charge in [-0.25, -0.2) is 0 Å². The van der Waals surface area contributed by atoms with E-state index in [9.17, 15) is 4.79 Å². The summed E-state index contributed by atoms with van der Waals surface area (Å²) in [5.41, 5.74) is 0. The highest BCUT2D eigenvalue weighted by Crippen LogP contribution is 2.06. The quantitative estimate of drug-likeness (QED) is 0.574. The average molecular weight is 217 g/mol. The molecule has 1 unspecified atom stereocenters. The summed E-state index contributed by atoms with van der Waals surface area (Å²) in [4.78, 5) is 13.7. The molecule has 0 aliphatic rings. The number of hydrogen-bond acceptors (Lipinski definition) is 4. The SMILES string of the molecule is CCOC(=O)C(CC)N(CC)CCOC. The van der Waals surface area contributed by atoms with Gasteiger partial charge < -0.3 is 9.47 Å². The zero-order valence-electron chi connectivity index (χ0n) is 10.3.